The van der Waals surface area contributed by atoms with Gasteiger partial charge in [-0.2, -0.15) is 0 Å². The zero-order valence-electron chi connectivity index (χ0n) is 12.9. The molecule has 1 aliphatic rings. The summed E-state index contributed by atoms with van der Waals surface area (Å²) in [5.41, 5.74) is 6.62. The van der Waals surface area contributed by atoms with E-state index in [4.69, 9.17) is 17.3 Å². The first-order valence-corrected chi connectivity index (χ1v) is 7.96. The van der Waals surface area contributed by atoms with E-state index in [1.165, 1.54) is 0 Å². The molecule has 0 radical (unpaired) electrons. The van der Waals surface area contributed by atoms with Gasteiger partial charge in [-0.1, -0.05) is 23.7 Å². The molecule has 1 fully saturated rings. The molecule has 0 aliphatic carbocycles. The van der Waals surface area contributed by atoms with Crippen LogP contribution in [-0.4, -0.2) is 36.5 Å². The first-order chi connectivity index (χ1) is 10.1. The minimum absolute atomic E-state index is 0. The van der Waals surface area contributed by atoms with Crippen LogP contribution in [0.5, 0.6) is 0 Å². The maximum Gasteiger partial charge on any atom is 0.225 e. The molecule has 22 heavy (non-hydrogen) atoms. The van der Waals surface area contributed by atoms with E-state index in [0.29, 0.717) is 23.0 Å². The van der Waals surface area contributed by atoms with Crippen LogP contribution in [0.1, 0.15) is 26.2 Å². The fourth-order valence-electron chi connectivity index (χ4n) is 2.74. The van der Waals surface area contributed by atoms with Gasteiger partial charge in [-0.05, 0) is 50.9 Å². The van der Waals surface area contributed by atoms with Crippen molar-refractivity contribution in [3.63, 3.8) is 0 Å². The van der Waals surface area contributed by atoms with Crippen molar-refractivity contribution in [1.29, 1.82) is 0 Å². The number of piperidine rings is 1. The van der Waals surface area contributed by atoms with E-state index in [1.807, 2.05) is 18.2 Å². The third kappa shape index (κ3) is 5.76. The minimum Gasteiger partial charge on any atom is -0.328 e. The number of hydrogen-bond donors (Lipinski definition) is 2. The van der Waals surface area contributed by atoms with Gasteiger partial charge in [0.2, 0.25) is 5.91 Å². The highest BCUT2D eigenvalue weighted by molar-refractivity contribution is 6.33. The largest absolute Gasteiger partial charge is 0.328 e. The van der Waals surface area contributed by atoms with Crippen LogP contribution < -0.4 is 11.1 Å². The zero-order valence-corrected chi connectivity index (χ0v) is 14.5. The molecule has 124 valence electrons. The number of para-hydroxylation sites is 1. The number of nitrogens with one attached hydrogen (secondary N) is 1. The molecular formula is C16H25Cl2N3O. The Morgan fingerprint density at radius 2 is 2.05 bits per heavy atom. The summed E-state index contributed by atoms with van der Waals surface area (Å²) in [5, 5.41) is 3.43. The normalized spacial score (nSPS) is 17.6. The Labute approximate surface area is 143 Å². The summed E-state index contributed by atoms with van der Waals surface area (Å²) < 4.78 is 0. The molecule has 0 bridgehead atoms. The van der Waals surface area contributed by atoms with E-state index in [0.717, 1.165) is 32.5 Å². The summed E-state index contributed by atoms with van der Waals surface area (Å²) in [5.74, 6) is 0.635. The van der Waals surface area contributed by atoms with Crippen molar-refractivity contribution in [3.05, 3.63) is 29.3 Å². The predicted molar refractivity (Wildman–Crippen MR) is 94.8 cm³/mol. The van der Waals surface area contributed by atoms with Crippen molar-refractivity contribution >= 4 is 35.6 Å². The lowest BCUT2D eigenvalue weighted by Gasteiger charge is -2.33. The molecule has 2 rings (SSSR count). The Hall–Kier alpha value is -0.810. The van der Waals surface area contributed by atoms with Crippen LogP contribution in [0, 0.1) is 5.92 Å². The summed E-state index contributed by atoms with van der Waals surface area (Å²) >= 11 is 6.03. The van der Waals surface area contributed by atoms with Crippen LogP contribution in [0.15, 0.2) is 24.3 Å². The number of hydrogen-bond acceptors (Lipinski definition) is 3. The molecule has 4 nitrogen and oxygen atoms in total. The Morgan fingerprint density at radius 3 is 2.64 bits per heavy atom. The number of carbonyl (C=O) groups excluding carboxylic acids is 1. The number of nitrogens with two attached hydrogens (primary N) is 1. The standard InChI is InChI=1S/C16H24ClN3O.ClH/c1-12(18)13-6-9-20(10-7-13)11-8-16(21)19-15-5-3-2-4-14(15)17;/h2-5,12-13H,6-11,18H2,1H3,(H,19,21);1H. The lowest BCUT2D eigenvalue weighted by atomic mass is 9.91. The second-order valence-electron chi connectivity index (χ2n) is 5.82. The van der Waals surface area contributed by atoms with Crippen molar-refractivity contribution in [2.45, 2.75) is 32.2 Å². The van der Waals surface area contributed by atoms with E-state index in [1.54, 1.807) is 6.07 Å². The van der Waals surface area contributed by atoms with E-state index in [2.05, 4.69) is 17.1 Å². The Kier molecular flexibility index (Phi) is 8.18. The Balaban J connectivity index is 0.00000242. The van der Waals surface area contributed by atoms with Gasteiger partial charge in [-0.25, -0.2) is 0 Å². The van der Waals surface area contributed by atoms with Gasteiger partial charge in [0.05, 0.1) is 10.7 Å². The second kappa shape index (κ2) is 9.36. The van der Waals surface area contributed by atoms with Crippen molar-refractivity contribution in [3.8, 4) is 0 Å². The van der Waals surface area contributed by atoms with Gasteiger partial charge in [-0.15, -0.1) is 12.4 Å². The molecular weight excluding hydrogens is 321 g/mol. The van der Waals surface area contributed by atoms with Crippen LogP contribution in [-0.2, 0) is 4.79 Å². The molecule has 0 saturated carbocycles. The molecule has 1 atom stereocenters. The van der Waals surface area contributed by atoms with E-state index in [9.17, 15) is 4.79 Å². The highest BCUT2D eigenvalue weighted by atomic mass is 35.5. The van der Waals surface area contributed by atoms with Crippen molar-refractivity contribution in [2.75, 3.05) is 25.0 Å². The fourth-order valence-corrected chi connectivity index (χ4v) is 2.92. The quantitative estimate of drug-likeness (QED) is 0.861. The van der Waals surface area contributed by atoms with Crippen LogP contribution >= 0.6 is 24.0 Å². The number of rotatable bonds is 5. The molecule has 1 amide bonds. The third-order valence-corrected chi connectivity index (χ3v) is 4.51. The highest BCUT2D eigenvalue weighted by Crippen LogP contribution is 2.21. The van der Waals surface area contributed by atoms with Crippen molar-refractivity contribution in [1.82, 2.24) is 4.90 Å². The summed E-state index contributed by atoms with van der Waals surface area (Å²) in [6, 6.07) is 7.57. The SMILES string of the molecule is CC(N)C1CCN(CCC(=O)Nc2ccccc2Cl)CC1.Cl. The maximum atomic E-state index is 12.0. The van der Waals surface area contributed by atoms with Gasteiger partial charge in [0.15, 0.2) is 0 Å². The monoisotopic (exact) mass is 345 g/mol. The van der Waals surface area contributed by atoms with E-state index in [-0.39, 0.29) is 24.4 Å². The van der Waals surface area contributed by atoms with Crippen LogP contribution in [0.2, 0.25) is 5.02 Å². The van der Waals surface area contributed by atoms with Gasteiger partial charge in [-0.3, -0.25) is 4.79 Å². The average Bonchev–Trinajstić information content (AvgIpc) is 2.48. The van der Waals surface area contributed by atoms with Gasteiger partial charge >= 0.3 is 0 Å². The van der Waals surface area contributed by atoms with Crippen molar-refractivity contribution in [2.24, 2.45) is 11.7 Å². The number of amides is 1. The lowest BCUT2D eigenvalue weighted by molar-refractivity contribution is -0.116. The molecule has 3 N–H and O–H groups in total. The Bertz CT molecular complexity index is 474. The van der Waals surface area contributed by atoms with E-state index < -0.39 is 0 Å². The highest BCUT2D eigenvalue weighted by Gasteiger charge is 2.21. The molecule has 1 heterocycles. The number of anilines is 1. The van der Waals surface area contributed by atoms with Gasteiger partial charge in [0, 0.05) is 19.0 Å². The summed E-state index contributed by atoms with van der Waals surface area (Å²) in [4.78, 5) is 14.3. The lowest BCUT2D eigenvalue weighted by Crippen LogP contribution is -2.40. The zero-order chi connectivity index (χ0) is 15.2. The second-order valence-corrected chi connectivity index (χ2v) is 6.22. The van der Waals surface area contributed by atoms with Crippen LogP contribution in [0.3, 0.4) is 0 Å². The molecule has 1 aromatic carbocycles. The molecule has 6 heteroatoms. The summed E-state index contributed by atoms with van der Waals surface area (Å²) in [6.07, 6.45) is 2.75. The first-order valence-electron chi connectivity index (χ1n) is 7.58. The number of carbonyl (C=O) groups is 1. The molecule has 1 aromatic rings. The molecule has 0 aromatic heterocycles. The molecule has 1 aliphatic heterocycles. The van der Waals surface area contributed by atoms with Gasteiger partial charge in [0.25, 0.3) is 0 Å². The first kappa shape index (κ1) is 19.2. The predicted octanol–water partition coefficient (Wildman–Crippen LogP) is 3.15. The molecule has 1 unspecified atom stereocenters. The van der Waals surface area contributed by atoms with Crippen LogP contribution in [0.25, 0.3) is 0 Å². The van der Waals surface area contributed by atoms with Crippen LogP contribution in [0.4, 0.5) is 5.69 Å². The van der Waals surface area contributed by atoms with Gasteiger partial charge < -0.3 is 16.0 Å². The maximum absolute atomic E-state index is 12.0. The van der Waals surface area contributed by atoms with Crippen molar-refractivity contribution < 1.29 is 4.79 Å². The number of benzene rings is 1. The third-order valence-electron chi connectivity index (χ3n) is 4.18. The molecule has 0 spiro atoms. The number of likely N-dealkylation sites (tertiary alicyclic amines) is 1. The smallest absolute Gasteiger partial charge is 0.225 e. The van der Waals surface area contributed by atoms with Gasteiger partial charge in [0.1, 0.15) is 0 Å². The van der Waals surface area contributed by atoms with E-state index >= 15 is 0 Å². The minimum atomic E-state index is 0. The summed E-state index contributed by atoms with van der Waals surface area (Å²) in [6.45, 7) is 4.94. The number of nitrogens with zero attached hydrogens (tertiary/aromatic N) is 1. The summed E-state index contributed by atoms with van der Waals surface area (Å²) in [7, 11) is 0. The molecule has 1 saturated heterocycles. The Morgan fingerprint density at radius 1 is 1.41 bits per heavy atom. The fraction of sp³-hybridized carbons (Fsp3) is 0.562. The topological polar surface area (TPSA) is 58.4 Å². The average molecular weight is 346 g/mol. The number of halogens is 2.